The van der Waals surface area contributed by atoms with Crippen molar-refractivity contribution in [2.45, 2.75) is 0 Å². The van der Waals surface area contributed by atoms with E-state index in [1.165, 1.54) is 38.2 Å². The molecule has 0 aliphatic carbocycles. The third-order valence-electron chi connectivity index (χ3n) is 5.44. The van der Waals surface area contributed by atoms with Gasteiger partial charge in [0.15, 0.2) is 0 Å². The molecule has 5 aromatic rings. The highest BCUT2D eigenvalue weighted by Crippen LogP contribution is 2.50. The quantitative estimate of drug-likeness (QED) is 0.278. The highest BCUT2D eigenvalue weighted by atomic mass is 16.5. The van der Waals surface area contributed by atoms with Crippen LogP contribution in [0.3, 0.4) is 0 Å². The molecular weight excluding hydrogens is 328 g/mol. The molecule has 0 spiro atoms. The van der Waals surface area contributed by atoms with E-state index in [2.05, 4.69) is 91.0 Å². The predicted octanol–water partition coefficient (Wildman–Crippen LogP) is 7.43. The Labute approximate surface area is 157 Å². The van der Waals surface area contributed by atoms with Crippen molar-refractivity contribution in [1.29, 1.82) is 0 Å². The zero-order valence-electron chi connectivity index (χ0n) is 14.6. The highest BCUT2D eigenvalue weighted by molar-refractivity contribution is 6.07. The molecule has 27 heavy (non-hydrogen) atoms. The number of hydrogen-bond donors (Lipinski definition) is 0. The summed E-state index contributed by atoms with van der Waals surface area (Å²) in [4.78, 5) is 0. The van der Waals surface area contributed by atoms with Gasteiger partial charge < -0.3 is 4.74 Å². The molecule has 0 bridgehead atoms. The van der Waals surface area contributed by atoms with Gasteiger partial charge in [-0.2, -0.15) is 0 Å². The monoisotopic (exact) mass is 344 g/mol. The maximum Gasteiger partial charge on any atom is 0.135 e. The highest BCUT2D eigenvalue weighted by Gasteiger charge is 2.22. The Morgan fingerprint density at radius 3 is 1.96 bits per heavy atom. The van der Waals surface area contributed by atoms with Gasteiger partial charge in [0.2, 0.25) is 0 Å². The van der Waals surface area contributed by atoms with Crippen LogP contribution in [0, 0.1) is 0 Å². The van der Waals surface area contributed by atoms with Crippen molar-refractivity contribution in [3.63, 3.8) is 0 Å². The summed E-state index contributed by atoms with van der Waals surface area (Å²) in [5, 5.41) is 4.94. The maximum atomic E-state index is 6.42. The van der Waals surface area contributed by atoms with Gasteiger partial charge in [0.1, 0.15) is 11.5 Å². The van der Waals surface area contributed by atoms with Gasteiger partial charge in [-0.05, 0) is 56.9 Å². The first-order valence-electron chi connectivity index (χ1n) is 9.21. The molecule has 0 amide bonds. The molecule has 6 rings (SSSR count). The molecule has 0 fully saturated rings. The standard InChI is InChI=1S/C26H16O/c1-2-9-19-16-23-22(15-18(19)8-1)21-11-5-6-12-24(21)27-25-14-13-17-7-3-4-10-20(17)26(23)25/h1-16H. The second-order valence-corrected chi connectivity index (χ2v) is 7.00. The summed E-state index contributed by atoms with van der Waals surface area (Å²) in [5.41, 5.74) is 4.76. The molecule has 0 radical (unpaired) electrons. The zero-order valence-corrected chi connectivity index (χ0v) is 14.6. The van der Waals surface area contributed by atoms with Crippen LogP contribution in [0.15, 0.2) is 97.1 Å². The Bertz CT molecular complexity index is 1350. The van der Waals surface area contributed by atoms with E-state index in [0.717, 1.165) is 17.1 Å². The Kier molecular flexibility index (Phi) is 2.95. The zero-order chi connectivity index (χ0) is 17.8. The molecule has 1 heteroatoms. The predicted molar refractivity (Wildman–Crippen MR) is 112 cm³/mol. The summed E-state index contributed by atoms with van der Waals surface area (Å²) in [5.74, 6) is 1.82. The van der Waals surface area contributed by atoms with Crippen LogP contribution in [-0.4, -0.2) is 0 Å². The lowest BCUT2D eigenvalue weighted by atomic mass is 9.89. The van der Waals surface area contributed by atoms with E-state index in [9.17, 15) is 0 Å². The van der Waals surface area contributed by atoms with Crippen LogP contribution >= 0.6 is 0 Å². The summed E-state index contributed by atoms with van der Waals surface area (Å²) < 4.78 is 6.42. The average molecular weight is 344 g/mol. The lowest BCUT2D eigenvalue weighted by Gasteiger charge is -2.13. The molecule has 1 nitrogen and oxygen atoms in total. The van der Waals surface area contributed by atoms with E-state index in [-0.39, 0.29) is 0 Å². The normalized spacial score (nSPS) is 12.0. The summed E-state index contributed by atoms with van der Waals surface area (Å²) in [6, 6.07) is 34.2. The SMILES string of the molecule is c1ccc2c(c1)Oc1ccc3ccccc3c1-c1cc3ccccc3cc1-2. The fourth-order valence-electron chi connectivity index (χ4n) is 4.18. The third kappa shape index (κ3) is 2.12. The summed E-state index contributed by atoms with van der Waals surface area (Å²) in [6.07, 6.45) is 0. The third-order valence-corrected chi connectivity index (χ3v) is 5.44. The average Bonchev–Trinajstić information content (AvgIpc) is 2.86. The van der Waals surface area contributed by atoms with E-state index in [4.69, 9.17) is 4.74 Å². The lowest BCUT2D eigenvalue weighted by Crippen LogP contribution is -1.88. The fourth-order valence-corrected chi connectivity index (χ4v) is 4.18. The van der Waals surface area contributed by atoms with Gasteiger partial charge in [0, 0.05) is 11.1 Å². The molecule has 0 atom stereocenters. The van der Waals surface area contributed by atoms with Crippen molar-refractivity contribution in [2.24, 2.45) is 0 Å². The van der Waals surface area contributed by atoms with Crippen LogP contribution in [0.5, 0.6) is 11.5 Å². The molecule has 0 saturated heterocycles. The van der Waals surface area contributed by atoms with E-state index in [1.807, 2.05) is 6.07 Å². The molecule has 0 aromatic heterocycles. The molecule has 1 aliphatic heterocycles. The van der Waals surface area contributed by atoms with Gasteiger partial charge >= 0.3 is 0 Å². The number of para-hydroxylation sites is 1. The van der Waals surface area contributed by atoms with Gasteiger partial charge in [-0.15, -0.1) is 0 Å². The first kappa shape index (κ1) is 14.6. The van der Waals surface area contributed by atoms with Crippen LogP contribution in [0.25, 0.3) is 43.8 Å². The van der Waals surface area contributed by atoms with Crippen molar-refractivity contribution in [3.05, 3.63) is 97.1 Å². The van der Waals surface area contributed by atoms with E-state index in [0.29, 0.717) is 0 Å². The molecular formula is C26H16O. The molecule has 126 valence electrons. The Morgan fingerprint density at radius 1 is 0.444 bits per heavy atom. The second kappa shape index (κ2) is 5.46. The van der Waals surface area contributed by atoms with Crippen LogP contribution in [0.4, 0.5) is 0 Å². The first-order valence-corrected chi connectivity index (χ1v) is 9.21. The van der Waals surface area contributed by atoms with Gasteiger partial charge in [-0.3, -0.25) is 0 Å². The van der Waals surface area contributed by atoms with Gasteiger partial charge in [0.05, 0.1) is 0 Å². The Balaban J connectivity index is 1.84. The maximum absolute atomic E-state index is 6.42. The number of hydrogen-bond acceptors (Lipinski definition) is 1. The number of benzene rings is 5. The van der Waals surface area contributed by atoms with Crippen LogP contribution < -0.4 is 4.74 Å². The lowest BCUT2D eigenvalue weighted by molar-refractivity contribution is 0.488. The van der Waals surface area contributed by atoms with Crippen molar-refractivity contribution < 1.29 is 4.74 Å². The number of ether oxygens (including phenoxy) is 1. The van der Waals surface area contributed by atoms with E-state index < -0.39 is 0 Å². The Morgan fingerprint density at radius 2 is 1.11 bits per heavy atom. The number of rotatable bonds is 0. The van der Waals surface area contributed by atoms with Crippen molar-refractivity contribution in [1.82, 2.24) is 0 Å². The molecule has 0 N–H and O–H groups in total. The summed E-state index contributed by atoms with van der Waals surface area (Å²) >= 11 is 0. The number of fused-ring (bicyclic) bond motifs is 8. The van der Waals surface area contributed by atoms with Crippen LogP contribution in [0.1, 0.15) is 0 Å². The van der Waals surface area contributed by atoms with Gasteiger partial charge in [-0.1, -0.05) is 72.8 Å². The molecule has 0 saturated carbocycles. The van der Waals surface area contributed by atoms with Crippen LogP contribution in [0.2, 0.25) is 0 Å². The summed E-state index contributed by atoms with van der Waals surface area (Å²) in [6.45, 7) is 0. The van der Waals surface area contributed by atoms with Gasteiger partial charge in [-0.25, -0.2) is 0 Å². The van der Waals surface area contributed by atoms with E-state index in [1.54, 1.807) is 0 Å². The summed E-state index contributed by atoms with van der Waals surface area (Å²) in [7, 11) is 0. The smallest absolute Gasteiger partial charge is 0.135 e. The van der Waals surface area contributed by atoms with Crippen LogP contribution in [-0.2, 0) is 0 Å². The minimum atomic E-state index is 0.906. The minimum absolute atomic E-state index is 0.906. The minimum Gasteiger partial charge on any atom is -0.456 e. The molecule has 1 heterocycles. The molecule has 5 aromatic carbocycles. The molecule has 0 unspecified atom stereocenters. The fraction of sp³-hybridized carbons (Fsp3) is 0. The van der Waals surface area contributed by atoms with E-state index >= 15 is 0 Å². The second-order valence-electron chi connectivity index (χ2n) is 7.00. The van der Waals surface area contributed by atoms with Crippen molar-refractivity contribution >= 4 is 21.5 Å². The van der Waals surface area contributed by atoms with Crippen molar-refractivity contribution in [3.8, 4) is 33.8 Å². The molecule has 1 aliphatic rings. The Hall–Kier alpha value is -3.58. The largest absolute Gasteiger partial charge is 0.456 e. The van der Waals surface area contributed by atoms with Crippen molar-refractivity contribution in [2.75, 3.05) is 0 Å². The first-order chi connectivity index (χ1) is 13.4. The van der Waals surface area contributed by atoms with Gasteiger partial charge in [0.25, 0.3) is 0 Å². The topological polar surface area (TPSA) is 9.23 Å².